The van der Waals surface area contributed by atoms with E-state index in [0.29, 0.717) is 6.10 Å². The number of methoxy groups -OCH3 is 1. The van der Waals surface area contributed by atoms with Crippen molar-refractivity contribution < 1.29 is 4.74 Å². The number of ether oxygens (including phenoxy) is 1. The Hall–Kier alpha value is -0.0800. The van der Waals surface area contributed by atoms with E-state index in [4.69, 9.17) is 10.5 Å². The zero-order chi connectivity index (χ0) is 11.1. The first kappa shape index (κ1) is 11.0. The number of rotatable bonds is 4. The van der Waals surface area contributed by atoms with Crippen LogP contribution in [0, 0.1) is 29.6 Å². The van der Waals surface area contributed by atoms with Gasteiger partial charge in [0.15, 0.2) is 0 Å². The van der Waals surface area contributed by atoms with Crippen LogP contribution in [0.5, 0.6) is 0 Å². The first-order valence-corrected chi connectivity index (χ1v) is 7.04. The Kier molecular flexibility index (Phi) is 2.97. The van der Waals surface area contributed by atoms with Gasteiger partial charge in [0, 0.05) is 7.11 Å². The third kappa shape index (κ3) is 1.70. The van der Waals surface area contributed by atoms with Gasteiger partial charge in [-0.2, -0.15) is 0 Å². The molecule has 0 aromatic heterocycles. The van der Waals surface area contributed by atoms with Crippen LogP contribution in [0.4, 0.5) is 0 Å². The molecule has 4 saturated carbocycles. The van der Waals surface area contributed by atoms with Gasteiger partial charge in [-0.15, -0.1) is 0 Å². The minimum atomic E-state index is 0.444. The maximum atomic E-state index is 5.74. The Morgan fingerprint density at radius 2 is 1.62 bits per heavy atom. The second kappa shape index (κ2) is 4.30. The fourth-order valence-corrected chi connectivity index (χ4v) is 5.21. The molecule has 0 amide bonds. The minimum Gasteiger partial charge on any atom is -0.381 e. The van der Waals surface area contributed by atoms with Crippen LogP contribution >= 0.6 is 0 Å². The maximum Gasteiger partial charge on any atom is 0.0616 e. The summed E-state index contributed by atoms with van der Waals surface area (Å²) >= 11 is 0. The number of nitrogens with two attached hydrogens (primary N) is 1. The molecule has 4 aliphatic rings. The topological polar surface area (TPSA) is 35.2 Å². The van der Waals surface area contributed by atoms with E-state index < -0.39 is 0 Å². The van der Waals surface area contributed by atoms with Gasteiger partial charge in [0.2, 0.25) is 0 Å². The van der Waals surface area contributed by atoms with Gasteiger partial charge in [-0.05, 0) is 74.7 Å². The predicted octanol–water partition coefficient (Wildman–Crippen LogP) is 2.42. The van der Waals surface area contributed by atoms with E-state index in [2.05, 4.69) is 0 Å². The molecule has 0 radical (unpaired) electrons. The fourth-order valence-electron chi connectivity index (χ4n) is 5.21. The standard InChI is InChI=1S/C14H25NO/c1-16-13(2-3-15)14-11-5-9-4-10(7-11)8-12(14)6-9/h9-14H,2-8,15H2,1H3. The number of hydrogen-bond donors (Lipinski definition) is 1. The Bertz CT molecular complexity index is 222. The van der Waals surface area contributed by atoms with E-state index in [1.165, 1.54) is 32.1 Å². The van der Waals surface area contributed by atoms with Crippen molar-refractivity contribution in [3.63, 3.8) is 0 Å². The van der Waals surface area contributed by atoms with Crippen molar-refractivity contribution in [1.82, 2.24) is 0 Å². The van der Waals surface area contributed by atoms with Crippen LogP contribution in [-0.4, -0.2) is 19.8 Å². The summed E-state index contributed by atoms with van der Waals surface area (Å²) in [5, 5.41) is 0. The van der Waals surface area contributed by atoms with Gasteiger partial charge in [0.05, 0.1) is 6.10 Å². The normalized spacial score (nSPS) is 47.2. The second-order valence-corrected chi connectivity index (χ2v) is 6.36. The molecule has 0 aliphatic heterocycles. The van der Waals surface area contributed by atoms with Gasteiger partial charge in [-0.25, -0.2) is 0 Å². The smallest absolute Gasteiger partial charge is 0.0616 e. The molecule has 4 bridgehead atoms. The molecule has 1 unspecified atom stereocenters. The molecule has 0 spiro atoms. The molecule has 0 saturated heterocycles. The maximum absolute atomic E-state index is 5.74. The van der Waals surface area contributed by atoms with Gasteiger partial charge in [0.1, 0.15) is 0 Å². The van der Waals surface area contributed by atoms with Crippen LogP contribution in [0.25, 0.3) is 0 Å². The lowest BCUT2D eigenvalue weighted by Gasteiger charge is -2.56. The first-order chi connectivity index (χ1) is 7.81. The van der Waals surface area contributed by atoms with Crippen molar-refractivity contribution in [1.29, 1.82) is 0 Å². The quantitative estimate of drug-likeness (QED) is 0.794. The zero-order valence-electron chi connectivity index (χ0n) is 10.4. The highest BCUT2D eigenvalue weighted by Gasteiger charge is 2.50. The molecule has 2 heteroatoms. The van der Waals surface area contributed by atoms with Crippen molar-refractivity contribution in [2.24, 2.45) is 35.3 Å². The van der Waals surface area contributed by atoms with Crippen molar-refractivity contribution >= 4 is 0 Å². The zero-order valence-corrected chi connectivity index (χ0v) is 10.4. The summed E-state index contributed by atoms with van der Waals surface area (Å²) in [5.74, 6) is 4.89. The summed E-state index contributed by atoms with van der Waals surface area (Å²) in [6.07, 6.45) is 8.99. The number of hydrogen-bond acceptors (Lipinski definition) is 2. The van der Waals surface area contributed by atoms with Gasteiger partial charge in [-0.1, -0.05) is 0 Å². The molecule has 16 heavy (non-hydrogen) atoms. The molecule has 0 aromatic carbocycles. The predicted molar refractivity (Wildman–Crippen MR) is 65.0 cm³/mol. The summed E-state index contributed by atoms with van der Waals surface area (Å²) < 4.78 is 5.74. The third-order valence-electron chi connectivity index (χ3n) is 5.48. The second-order valence-electron chi connectivity index (χ2n) is 6.36. The van der Waals surface area contributed by atoms with Crippen LogP contribution in [0.15, 0.2) is 0 Å². The van der Waals surface area contributed by atoms with Crippen molar-refractivity contribution in [2.75, 3.05) is 13.7 Å². The monoisotopic (exact) mass is 223 g/mol. The van der Waals surface area contributed by atoms with E-state index >= 15 is 0 Å². The molecular formula is C14H25NO. The van der Waals surface area contributed by atoms with Crippen LogP contribution in [-0.2, 0) is 4.74 Å². The van der Waals surface area contributed by atoms with E-state index in [1.54, 1.807) is 0 Å². The Morgan fingerprint density at radius 1 is 1.06 bits per heavy atom. The Labute approximate surface area is 98.9 Å². The fraction of sp³-hybridized carbons (Fsp3) is 1.00. The van der Waals surface area contributed by atoms with Gasteiger partial charge >= 0.3 is 0 Å². The van der Waals surface area contributed by atoms with Gasteiger partial charge in [0.25, 0.3) is 0 Å². The minimum absolute atomic E-state index is 0.444. The largest absolute Gasteiger partial charge is 0.381 e. The average Bonchev–Trinajstić information content (AvgIpc) is 2.26. The highest BCUT2D eigenvalue weighted by molar-refractivity contribution is 5.00. The van der Waals surface area contributed by atoms with Crippen LogP contribution in [0.2, 0.25) is 0 Å². The Balaban J connectivity index is 1.75. The molecule has 4 rings (SSSR count). The summed E-state index contributed by atoms with van der Waals surface area (Å²) in [6.45, 7) is 0.779. The molecule has 0 heterocycles. The molecule has 0 aromatic rings. The molecule has 4 fully saturated rings. The van der Waals surface area contributed by atoms with E-state index in [0.717, 1.165) is 42.6 Å². The molecule has 4 aliphatic carbocycles. The van der Waals surface area contributed by atoms with E-state index in [1.807, 2.05) is 7.11 Å². The van der Waals surface area contributed by atoms with Crippen molar-refractivity contribution in [3.8, 4) is 0 Å². The first-order valence-electron chi connectivity index (χ1n) is 7.04. The summed E-state index contributed by atoms with van der Waals surface area (Å²) in [6, 6.07) is 0. The molecule has 2 nitrogen and oxygen atoms in total. The lowest BCUT2D eigenvalue weighted by atomic mass is 9.50. The van der Waals surface area contributed by atoms with Crippen molar-refractivity contribution in [2.45, 2.75) is 44.6 Å². The summed E-state index contributed by atoms with van der Waals surface area (Å²) in [5.41, 5.74) is 5.72. The molecule has 1 atom stereocenters. The third-order valence-corrected chi connectivity index (χ3v) is 5.48. The highest BCUT2D eigenvalue weighted by Crippen LogP contribution is 2.57. The summed E-state index contributed by atoms with van der Waals surface area (Å²) in [7, 11) is 1.88. The molecule has 92 valence electrons. The van der Waals surface area contributed by atoms with Crippen LogP contribution < -0.4 is 5.73 Å². The van der Waals surface area contributed by atoms with Crippen molar-refractivity contribution in [3.05, 3.63) is 0 Å². The van der Waals surface area contributed by atoms with E-state index in [9.17, 15) is 0 Å². The Morgan fingerprint density at radius 3 is 2.06 bits per heavy atom. The van der Waals surface area contributed by atoms with Gasteiger partial charge in [-0.3, -0.25) is 0 Å². The SMILES string of the molecule is COC(CCN)C1C2CC3CC(C2)CC1C3. The summed E-state index contributed by atoms with van der Waals surface area (Å²) in [4.78, 5) is 0. The molecular weight excluding hydrogens is 198 g/mol. The average molecular weight is 223 g/mol. The van der Waals surface area contributed by atoms with E-state index in [-0.39, 0.29) is 0 Å². The molecule has 2 N–H and O–H groups in total. The van der Waals surface area contributed by atoms with Crippen LogP contribution in [0.1, 0.15) is 38.5 Å². The van der Waals surface area contributed by atoms with Gasteiger partial charge < -0.3 is 10.5 Å². The lowest BCUT2D eigenvalue weighted by Crippen LogP contribution is -2.50. The highest BCUT2D eigenvalue weighted by atomic mass is 16.5. The lowest BCUT2D eigenvalue weighted by molar-refractivity contribution is -0.102. The van der Waals surface area contributed by atoms with Crippen LogP contribution in [0.3, 0.4) is 0 Å².